The van der Waals surface area contributed by atoms with Crippen LogP contribution in [0.15, 0.2) is 47.6 Å². The lowest BCUT2D eigenvalue weighted by Gasteiger charge is -2.21. The summed E-state index contributed by atoms with van der Waals surface area (Å²) in [5, 5.41) is 16.3. The van der Waals surface area contributed by atoms with Crippen molar-refractivity contribution in [3.8, 4) is 0 Å². The molecule has 3 aromatic rings. The van der Waals surface area contributed by atoms with Crippen molar-refractivity contribution in [3.05, 3.63) is 69.5 Å². The summed E-state index contributed by atoms with van der Waals surface area (Å²) < 4.78 is 1.93. The summed E-state index contributed by atoms with van der Waals surface area (Å²) in [4.78, 5) is 25.5. The number of thioether (sulfide) groups is 1. The van der Waals surface area contributed by atoms with Gasteiger partial charge in [0.05, 0.1) is 22.4 Å². The molecule has 0 aliphatic carbocycles. The van der Waals surface area contributed by atoms with Gasteiger partial charge in [0.1, 0.15) is 0 Å². The topological polar surface area (TPSA) is 88.9 Å². The maximum atomic E-state index is 13.0. The fourth-order valence-electron chi connectivity index (χ4n) is 3.60. The Hall–Kier alpha value is -2.55. The highest BCUT2D eigenvalue weighted by Gasteiger charge is 2.25. The van der Waals surface area contributed by atoms with Crippen LogP contribution in [-0.2, 0) is 11.3 Å². The van der Waals surface area contributed by atoms with Gasteiger partial charge >= 0.3 is 0 Å². The van der Waals surface area contributed by atoms with Gasteiger partial charge in [-0.15, -0.1) is 10.2 Å². The molecule has 7 nitrogen and oxygen atoms in total. The van der Waals surface area contributed by atoms with E-state index < -0.39 is 0 Å². The number of hydrogen-bond donors (Lipinski definition) is 2. The Kier molecular flexibility index (Phi) is 9.60. The first-order chi connectivity index (χ1) is 16.7. The van der Waals surface area contributed by atoms with E-state index in [1.807, 2.05) is 24.5 Å². The van der Waals surface area contributed by atoms with Gasteiger partial charge in [-0.3, -0.25) is 9.59 Å². The predicted octanol–water partition coefficient (Wildman–Crippen LogP) is 6.16. The molecule has 10 heteroatoms. The zero-order chi connectivity index (χ0) is 25.5. The van der Waals surface area contributed by atoms with E-state index in [1.54, 1.807) is 36.4 Å². The number of benzene rings is 2. The van der Waals surface area contributed by atoms with Crippen LogP contribution in [0, 0.1) is 12.8 Å². The molecule has 3 rings (SSSR count). The van der Waals surface area contributed by atoms with Crippen molar-refractivity contribution >= 4 is 52.5 Å². The minimum Gasteiger partial charge on any atom is -0.342 e. The van der Waals surface area contributed by atoms with Gasteiger partial charge in [0.25, 0.3) is 5.91 Å². The molecule has 35 heavy (non-hydrogen) atoms. The van der Waals surface area contributed by atoms with E-state index in [9.17, 15) is 9.59 Å². The number of aromatic nitrogens is 3. The summed E-state index contributed by atoms with van der Waals surface area (Å²) >= 11 is 13.7. The molecule has 0 saturated carbocycles. The first kappa shape index (κ1) is 27.0. The second kappa shape index (κ2) is 12.4. The van der Waals surface area contributed by atoms with Crippen molar-refractivity contribution in [2.24, 2.45) is 5.92 Å². The molecular formula is C25H29Cl2N5O2S. The van der Waals surface area contributed by atoms with Gasteiger partial charge in [0.2, 0.25) is 5.91 Å². The van der Waals surface area contributed by atoms with Gasteiger partial charge in [0.15, 0.2) is 11.0 Å². The second-order valence-electron chi connectivity index (χ2n) is 8.47. The molecule has 2 amide bonds. The number of hydrogen-bond acceptors (Lipinski definition) is 5. The van der Waals surface area contributed by atoms with Crippen molar-refractivity contribution in [1.82, 2.24) is 20.1 Å². The molecular weight excluding hydrogens is 505 g/mol. The van der Waals surface area contributed by atoms with E-state index in [2.05, 4.69) is 34.7 Å². The van der Waals surface area contributed by atoms with Gasteiger partial charge < -0.3 is 15.2 Å². The smallest absolute Gasteiger partial charge is 0.253 e. The number of carbonyl (C=O) groups excluding carboxylic acids is 2. The van der Waals surface area contributed by atoms with Crippen LogP contribution >= 0.6 is 35.0 Å². The zero-order valence-corrected chi connectivity index (χ0v) is 22.5. The Morgan fingerprint density at radius 3 is 2.46 bits per heavy atom. The summed E-state index contributed by atoms with van der Waals surface area (Å²) in [5.41, 5.74) is 1.91. The van der Waals surface area contributed by atoms with Crippen LogP contribution in [0.25, 0.3) is 0 Å². The fraction of sp³-hybridized carbons (Fsp3) is 0.360. The van der Waals surface area contributed by atoms with E-state index >= 15 is 0 Å². The molecule has 0 spiro atoms. The van der Waals surface area contributed by atoms with E-state index in [0.717, 1.165) is 5.56 Å². The molecule has 1 heterocycles. The molecule has 0 radical (unpaired) electrons. The summed E-state index contributed by atoms with van der Waals surface area (Å²) in [6.07, 6.45) is 0.674. The Balaban J connectivity index is 1.75. The van der Waals surface area contributed by atoms with Crippen molar-refractivity contribution in [2.75, 3.05) is 11.1 Å². The minimum atomic E-state index is -0.358. The lowest BCUT2D eigenvalue weighted by atomic mass is 10.0. The third-order valence-electron chi connectivity index (χ3n) is 5.38. The van der Waals surface area contributed by atoms with Crippen molar-refractivity contribution in [1.29, 1.82) is 0 Å². The largest absolute Gasteiger partial charge is 0.342 e. The first-order valence-electron chi connectivity index (χ1n) is 11.4. The fourth-order valence-corrected chi connectivity index (χ4v) is 4.81. The van der Waals surface area contributed by atoms with Crippen LogP contribution in [0.3, 0.4) is 0 Å². The molecule has 1 atom stereocenters. The Morgan fingerprint density at radius 2 is 1.77 bits per heavy atom. The zero-order valence-electron chi connectivity index (χ0n) is 20.1. The molecule has 0 bridgehead atoms. The molecule has 0 fully saturated rings. The standard InChI is InChI=1S/C25H29Cl2N5O2S/c1-5-32-23(21(13-15(2)3)29-24(34)17-9-6-7-10-19(17)27)30-31-25(32)35-14-22(33)28-20-12-8-11-18(26)16(20)4/h6-12,15,21H,5,13-14H2,1-4H3,(H,28,33)(H,29,34)/t21-/m1/s1. The third-order valence-corrected chi connectivity index (χ3v) is 7.08. The summed E-state index contributed by atoms with van der Waals surface area (Å²) in [7, 11) is 0. The van der Waals surface area contributed by atoms with Crippen LogP contribution in [0.4, 0.5) is 5.69 Å². The highest BCUT2D eigenvalue weighted by molar-refractivity contribution is 7.99. The number of rotatable bonds is 10. The highest BCUT2D eigenvalue weighted by Crippen LogP contribution is 2.27. The molecule has 2 aromatic carbocycles. The lowest BCUT2D eigenvalue weighted by Crippen LogP contribution is -2.31. The van der Waals surface area contributed by atoms with Crippen LogP contribution in [0.5, 0.6) is 0 Å². The van der Waals surface area contributed by atoms with Crippen molar-refractivity contribution < 1.29 is 9.59 Å². The van der Waals surface area contributed by atoms with Crippen molar-refractivity contribution in [3.63, 3.8) is 0 Å². The third kappa shape index (κ3) is 6.99. The summed E-state index contributed by atoms with van der Waals surface area (Å²) in [6.45, 7) is 8.60. The molecule has 186 valence electrons. The van der Waals surface area contributed by atoms with E-state index in [4.69, 9.17) is 23.2 Å². The minimum absolute atomic E-state index is 0.158. The van der Waals surface area contributed by atoms with Gasteiger partial charge in [-0.25, -0.2) is 0 Å². The monoisotopic (exact) mass is 533 g/mol. The molecule has 0 unspecified atom stereocenters. The number of amides is 2. The van der Waals surface area contributed by atoms with Gasteiger partial charge in [-0.2, -0.15) is 0 Å². The molecule has 1 aromatic heterocycles. The maximum absolute atomic E-state index is 13.0. The van der Waals surface area contributed by atoms with E-state index in [1.165, 1.54) is 11.8 Å². The van der Waals surface area contributed by atoms with Crippen LogP contribution in [0.1, 0.15) is 55.0 Å². The lowest BCUT2D eigenvalue weighted by molar-refractivity contribution is -0.113. The summed E-state index contributed by atoms with van der Waals surface area (Å²) in [6, 6.07) is 12.0. The van der Waals surface area contributed by atoms with Crippen LogP contribution < -0.4 is 10.6 Å². The summed E-state index contributed by atoms with van der Waals surface area (Å²) in [5.74, 6) is 0.674. The predicted molar refractivity (Wildman–Crippen MR) is 142 cm³/mol. The quantitative estimate of drug-likeness (QED) is 0.304. The molecule has 2 N–H and O–H groups in total. The normalized spacial score (nSPS) is 12.0. The molecule has 0 saturated heterocycles. The molecule has 0 aliphatic rings. The van der Waals surface area contributed by atoms with Crippen LogP contribution in [-0.4, -0.2) is 32.3 Å². The van der Waals surface area contributed by atoms with Gasteiger partial charge in [-0.05, 0) is 56.0 Å². The maximum Gasteiger partial charge on any atom is 0.253 e. The van der Waals surface area contributed by atoms with Crippen LogP contribution in [0.2, 0.25) is 10.0 Å². The van der Waals surface area contributed by atoms with Gasteiger partial charge in [0, 0.05) is 17.3 Å². The average molecular weight is 535 g/mol. The van der Waals surface area contributed by atoms with E-state index in [0.29, 0.717) is 51.2 Å². The second-order valence-corrected chi connectivity index (χ2v) is 10.2. The highest BCUT2D eigenvalue weighted by atomic mass is 35.5. The Labute approximate surface area is 220 Å². The van der Waals surface area contributed by atoms with Gasteiger partial charge in [-0.1, -0.05) is 67.0 Å². The van der Waals surface area contributed by atoms with Crippen molar-refractivity contribution in [2.45, 2.75) is 51.9 Å². The number of halogens is 2. The Bertz CT molecular complexity index is 1200. The van der Waals surface area contributed by atoms with E-state index in [-0.39, 0.29) is 23.6 Å². The molecule has 0 aliphatic heterocycles. The Morgan fingerprint density at radius 1 is 1.06 bits per heavy atom. The first-order valence-corrected chi connectivity index (χ1v) is 13.1. The number of nitrogens with one attached hydrogen (secondary N) is 2. The average Bonchev–Trinajstić information content (AvgIpc) is 3.23. The number of anilines is 1. The number of carbonyl (C=O) groups is 2. The number of nitrogens with zero attached hydrogens (tertiary/aromatic N) is 3. The SMILES string of the molecule is CCn1c(SCC(=O)Nc2cccc(Cl)c2C)nnc1[C@@H](CC(C)C)NC(=O)c1ccccc1Cl.